The fourth-order valence-corrected chi connectivity index (χ4v) is 4.34. The van der Waals surface area contributed by atoms with E-state index < -0.39 is 0 Å². The second-order valence-corrected chi connectivity index (χ2v) is 7.39. The Morgan fingerprint density at radius 3 is 2.93 bits per heavy atom. The van der Waals surface area contributed by atoms with Gasteiger partial charge in [0.15, 0.2) is 0 Å². The lowest BCUT2D eigenvalue weighted by molar-refractivity contribution is -0.132. The van der Waals surface area contributed by atoms with Gasteiger partial charge in [-0.15, -0.1) is 0 Å². The predicted octanol–water partition coefficient (Wildman–Crippen LogP) is 2.28. The molecule has 0 spiro atoms. The van der Waals surface area contributed by atoms with E-state index in [-0.39, 0.29) is 42.8 Å². The van der Waals surface area contributed by atoms with Gasteiger partial charge in [-0.1, -0.05) is 6.08 Å². The summed E-state index contributed by atoms with van der Waals surface area (Å²) < 4.78 is 13.5. The van der Waals surface area contributed by atoms with Crippen LogP contribution in [0.5, 0.6) is 0 Å². The Labute approximate surface area is 160 Å². The number of nitrogens with zero attached hydrogens (tertiary/aromatic N) is 4. The van der Waals surface area contributed by atoms with Crippen LogP contribution in [-0.2, 0) is 11.3 Å². The van der Waals surface area contributed by atoms with Crippen LogP contribution in [0, 0.1) is 11.7 Å². The van der Waals surface area contributed by atoms with Crippen molar-refractivity contribution in [1.82, 2.24) is 20.0 Å². The monoisotopic (exact) mass is 379 g/mol. The Morgan fingerprint density at radius 1 is 1.29 bits per heavy atom. The molecular formula is C20H18FN5O2. The standard InChI is InChI=1S/C20H18FN5O2/c21-15-1-2-18-14(5-15)9-25(20(28)24-18)11-19(27)26-10-13-6-16(26)7-17(13)12-3-4-22-23-8-12/h1-5,7-8,13,16H,6,9-11H2,(H,24,28)/t13-,16-/m1/s1. The largest absolute Gasteiger partial charge is 0.334 e. The smallest absolute Gasteiger partial charge is 0.322 e. The Bertz CT molecular complexity index is 993. The molecule has 5 rings (SSSR count). The number of nitrogens with one attached hydrogen (secondary N) is 1. The maximum absolute atomic E-state index is 13.5. The molecule has 2 aliphatic heterocycles. The summed E-state index contributed by atoms with van der Waals surface area (Å²) in [5.41, 5.74) is 3.52. The first-order valence-electron chi connectivity index (χ1n) is 9.21. The molecule has 0 unspecified atom stereocenters. The molecule has 1 aromatic carbocycles. The Morgan fingerprint density at radius 2 is 2.18 bits per heavy atom. The highest BCUT2D eigenvalue weighted by Crippen LogP contribution is 2.42. The van der Waals surface area contributed by atoms with Crippen LogP contribution in [0.15, 0.2) is 42.7 Å². The van der Waals surface area contributed by atoms with Gasteiger partial charge in [0, 0.05) is 18.2 Å². The normalized spacial score (nSPS) is 22.8. The molecule has 2 atom stereocenters. The molecule has 1 aliphatic carbocycles. The topological polar surface area (TPSA) is 78.4 Å². The van der Waals surface area contributed by atoms with E-state index >= 15 is 0 Å². The van der Waals surface area contributed by atoms with Gasteiger partial charge in [0.1, 0.15) is 12.4 Å². The SMILES string of the molecule is O=C1Nc2ccc(F)cc2CN1CC(=O)N1C[C@H]2C[C@@H]1C=C2c1ccnnc1. The minimum Gasteiger partial charge on any atom is -0.334 e. The number of carbonyl (C=O) groups is 2. The molecule has 2 aromatic rings. The first-order chi connectivity index (χ1) is 13.6. The van der Waals surface area contributed by atoms with E-state index in [9.17, 15) is 14.0 Å². The molecule has 8 heteroatoms. The molecular weight excluding hydrogens is 361 g/mol. The van der Waals surface area contributed by atoms with Gasteiger partial charge in [-0.3, -0.25) is 4.79 Å². The van der Waals surface area contributed by atoms with Crippen molar-refractivity contribution in [2.24, 2.45) is 5.92 Å². The van der Waals surface area contributed by atoms with Crippen molar-refractivity contribution >= 4 is 23.2 Å². The van der Waals surface area contributed by atoms with E-state index in [1.807, 2.05) is 11.0 Å². The summed E-state index contributed by atoms with van der Waals surface area (Å²) in [6.07, 6.45) is 6.42. The second kappa shape index (κ2) is 6.40. The zero-order valence-electron chi connectivity index (χ0n) is 15.0. The van der Waals surface area contributed by atoms with Crippen LogP contribution < -0.4 is 5.32 Å². The number of carbonyl (C=O) groups excluding carboxylic acids is 2. The summed E-state index contributed by atoms with van der Waals surface area (Å²) in [5, 5.41) is 10.5. The van der Waals surface area contributed by atoms with Crippen molar-refractivity contribution < 1.29 is 14.0 Å². The molecule has 142 valence electrons. The summed E-state index contributed by atoms with van der Waals surface area (Å²) in [6.45, 7) is 0.833. The molecule has 1 N–H and O–H groups in total. The van der Waals surface area contributed by atoms with Crippen LogP contribution in [0.1, 0.15) is 17.5 Å². The van der Waals surface area contributed by atoms with Crippen LogP contribution in [0.2, 0.25) is 0 Å². The highest BCUT2D eigenvalue weighted by molar-refractivity contribution is 5.95. The van der Waals surface area contributed by atoms with E-state index in [0.29, 0.717) is 17.8 Å². The highest BCUT2D eigenvalue weighted by atomic mass is 19.1. The van der Waals surface area contributed by atoms with E-state index in [0.717, 1.165) is 12.0 Å². The van der Waals surface area contributed by atoms with E-state index in [1.54, 1.807) is 18.5 Å². The van der Waals surface area contributed by atoms with Crippen molar-refractivity contribution in [2.45, 2.75) is 19.0 Å². The number of anilines is 1. The van der Waals surface area contributed by atoms with Gasteiger partial charge in [-0.25, -0.2) is 9.18 Å². The van der Waals surface area contributed by atoms with Gasteiger partial charge in [-0.2, -0.15) is 10.2 Å². The van der Waals surface area contributed by atoms with Crippen LogP contribution >= 0.6 is 0 Å². The van der Waals surface area contributed by atoms with Crippen LogP contribution in [0.25, 0.3) is 5.57 Å². The molecule has 3 amide bonds. The average molecular weight is 379 g/mol. The predicted molar refractivity (Wildman–Crippen MR) is 99.4 cm³/mol. The minimum absolute atomic E-state index is 0.0228. The lowest BCUT2D eigenvalue weighted by Gasteiger charge is -2.32. The molecule has 7 nitrogen and oxygen atoms in total. The molecule has 3 heterocycles. The first kappa shape index (κ1) is 16.9. The van der Waals surface area contributed by atoms with E-state index in [1.165, 1.54) is 22.6 Å². The van der Waals surface area contributed by atoms with Crippen molar-refractivity contribution in [3.05, 3.63) is 59.7 Å². The van der Waals surface area contributed by atoms with Gasteiger partial charge in [0.2, 0.25) is 5.91 Å². The third-order valence-corrected chi connectivity index (χ3v) is 5.68. The van der Waals surface area contributed by atoms with E-state index in [2.05, 4.69) is 21.6 Å². The van der Waals surface area contributed by atoms with Gasteiger partial charge in [0.05, 0.1) is 25.0 Å². The number of hydrogen-bond donors (Lipinski definition) is 1. The maximum atomic E-state index is 13.5. The van der Waals surface area contributed by atoms with Crippen molar-refractivity contribution in [1.29, 1.82) is 0 Å². The Hall–Kier alpha value is -3.29. The number of halogens is 1. The number of benzene rings is 1. The Kier molecular flexibility index (Phi) is 3.85. The lowest BCUT2D eigenvalue weighted by atomic mass is 9.97. The molecule has 2 bridgehead atoms. The summed E-state index contributed by atoms with van der Waals surface area (Å²) in [4.78, 5) is 28.4. The second-order valence-electron chi connectivity index (χ2n) is 7.39. The van der Waals surface area contributed by atoms with Crippen molar-refractivity contribution in [3.63, 3.8) is 0 Å². The van der Waals surface area contributed by atoms with Crippen molar-refractivity contribution in [2.75, 3.05) is 18.4 Å². The van der Waals surface area contributed by atoms with E-state index in [4.69, 9.17) is 0 Å². The van der Waals surface area contributed by atoms with Gasteiger partial charge < -0.3 is 15.1 Å². The summed E-state index contributed by atoms with van der Waals surface area (Å²) in [5.74, 6) is -0.171. The van der Waals surface area contributed by atoms with Gasteiger partial charge >= 0.3 is 6.03 Å². The first-order valence-corrected chi connectivity index (χ1v) is 9.21. The number of rotatable bonds is 3. The fourth-order valence-electron chi connectivity index (χ4n) is 4.34. The molecule has 1 fully saturated rings. The van der Waals surface area contributed by atoms with Crippen LogP contribution in [0.3, 0.4) is 0 Å². The molecule has 1 aromatic heterocycles. The fraction of sp³-hybridized carbons (Fsp3) is 0.300. The number of amides is 3. The Balaban J connectivity index is 1.29. The number of fused-ring (bicyclic) bond motifs is 3. The molecule has 0 radical (unpaired) electrons. The van der Waals surface area contributed by atoms with Crippen LogP contribution in [-0.4, -0.2) is 51.1 Å². The zero-order chi connectivity index (χ0) is 19.3. The molecule has 1 saturated heterocycles. The maximum Gasteiger partial charge on any atom is 0.322 e. The summed E-state index contributed by atoms with van der Waals surface area (Å²) in [7, 11) is 0. The summed E-state index contributed by atoms with van der Waals surface area (Å²) in [6, 6.07) is 5.88. The quantitative estimate of drug-likeness (QED) is 0.888. The number of hydrogen-bond acceptors (Lipinski definition) is 4. The minimum atomic E-state index is -0.360. The number of likely N-dealkylation sites (tertiary alicyclic amines) is 1. The zero-order valence-corrected chi connectivity index (χ0v) is 15.0. The van der Waals surface area contributed by atoms with Gasteiger partial charge in [0.25, 0.3) is 0 Å². The lowest BCUT2D eigenvalue weighted by Crippen LogP contribution is -2.47. The van der Waals surface area contributed by atoms with Crippen LogP contribution in [0.4, 0.5) is 14.9 Å². The molecule has 3 aliphatic rings. The number of aromatic nitrogens is 2. The molecule has 28 heavy (non-hydrogen) atoms. The number of urea groups is 1. The highest BCUT2D eigenvalue weighted by Gasteiger charge is 2.42. The van der Waals surface area contributed by atoms with Crippen molar-refractivity contribution in [3.8, 4) is 0 Å². The molecule has 0 saturated carbocycles. The average Bonchev–Trinajstić information content (AvgIpc) is 3.30. The third kappa shape index (κ3) is 2.81. The third-order valence-electron chi connectivity index (χ3n) is 5.68. The van der Waals surface area contributed by atoms with Gasteiger partial charge in [-0.05, 0) is 47.4 Å². The summed E-state index contributed by atoms with van der Waals surface area (Å²) >= 11 is 0.